The van der Waals surface area contributed by atoms with E-state index in [-0.39, 0.29) is 19.2 Å². The Morgan fingerprint density at radius 1 is 1.09 bits per heavy atom. The van der Waals surface area contributed by atoms with E-state index in [0.29, 0.717) is 18.0 Å². The van der Waals surface area contributed by atoms with E-state index < -0.39 is 0 Å². The van der Waals surface area contributed by atoms with Crippen molar-refractivity contribution in [3.05, 3.63) is 60.2 Å². The lowest BCUT2D eigenvalue weighted by atomic mass is 10.2. The number of benzene rings is 2. The van der Waals surface area contributed by atoms with Crippen LogP contribution in [-0.4, -0.2) is 30.9 Å². The van der Waals surface area contributed by atoms with Gasteiger partial charge in [0, 0.05) is 24.7 Å². The zero-order chi connectivity index (χ0) is 15.6. The number of anilines is 1. The minimum Gasteiger partial charge on any atom is -0.493 e. The number of carbonyl (C=O) groups is 1. The number of hydrogen-bond acceptors (Lipinski definition) is 3. The van der Waals surface area contributed by atoms with E-state index in [1.165, 1.54) is 5.56 Å². The summed E-state index contributed by atoms with van der Waals surface area (Å²) < 4.78 is 5.70. The van der Waals surface area contributed by atoms with E-state index in [4.69, 9.17) is 9.84 Å². The van der Waals surface area contributed by atoms with Gasteiger partial charge in [0.2, 0.25) is 0 Å². The van der Waals surface area contributed by atoms with Gasteiger partial charge in [0.15, 0.2) is 0 Å². The summed E-state index contributed by atoms with van der Waals surface area (Å²) in [5.41, 5.74) is 1.87. The molecule has 0 saturated heterocycles. The Kier molecular flexibility index (Phi) is 6.26. The molecule has 0 radical (unpaired) electrons. The van der Waals surface area contributed by atoms with Crippen molar-refractivity contribution < 1.29 is 14.6 Å². The first kappa shape index (κ1) is 15.9. The number of aliphatic hydroxyl groups is 1. The fourth-order valence-corrected chi connectivity index (χ4v) is 1.94. The number of amides is 2. The maximum absolute atomic E-state index is 11.5. The monoisotopic (exact) mass is 300 g/mol. The molecule has 0 atom stereocenters. The Balaban J connectivity index is 1.82. The van der Waals surface area contributed by atoms with Crippen molar-refractivity contribution in [1.82, 2.24) is 5.32 Å². The van der Waals surface area contributed by atoms with Gasteiger partial charge >= 0.3 is 6.03 Å². The molecule has 2 aromatic rings. The van der Waals surface area contributed by atoms with Crippen molar-refractivity contribution in [2.75, 3.05) is 25.1 Å². The molecular formula is C17H20N2O3. The smallest absolute Gasteiger partial charge is 0.319 e. The molecule has 0 spiro atoms. The van der Waals surface area contributed by atoms with Crippen LogP contribution in [0, 0.1) is 0 Å². The highest BCUT2D eigenvalue weighted by atomic mass is 16.5. The van der Waals surface area contributed by atoms with Crippen molar-refractivity contribution in [2.24, 2.45) is 0 Å². The lowest BCUT2D eigenvalue weighted by Crippen LogP contribution is -2.30. The zero-order valence-electron chi connectivity index (χ0n) is 12.3. The Morgan fingerprint density at radius 3 is 2.68 bits per heavy atom. The molecule has 0 aliphatic heterocycles. The van der Waals surface area contributed by atoms with Crippen LogP contribution in [0.3, 0.4) is 0 Å². The maximum Gasteiger partial charge on any atom is 0.319 e. The van der Waals surface area contributed by atoms with Crippen molar-refractivity contribution >= 4 is 11.7 Å². The summed E-state index contributed by atoms with van der Waals surface area (Å²) in [6.07, 6.45) is 0.829. The molecule has 0 aliphatic carbocycles. The van der Waals surface area contributed by atoms with Crippen LogP contribution >= 0.6 is 0 Å². The van der Waals surface area contributed by atoms with E-state index in [0.717, 1.165) is 6.42 Å². The van der Waals surface area contributed by atoms with Gasteiger partial charge in [0.05, 0.1) is 13.2 Å². The Labute approximate surface area is 129 Å². The van der Waals surface area contributed by atoms with Crippen LogP contribution in [0.1, 0.15) is 5.56 Å². The predicted molar refractivity (Wildman–Crippen MR) is 86.2 cm³/mol. The third-order valence-corrected chi connectivity index (χ3v) is 2.99. The SMILES string of the molecule is O=C(NCCO)Nc1cccc(OCCc2ccccc2)c1. The lowest BCUT2D eigenvalue weighted by Gasteiger charge is -2.10. The second kappa shape index (κ2) is 8.69. The van der Waals surface area contributed by atoms with Crippen molar-refractivity contribution in [3.8, 4) is 5.75 Å². The number of nitrogens with one attached hydrogen (secondary N) is 2. The van der Waals surface area contributed by atoms with E-state index in [1.54, 1.807) is 12.1 Å². The second-order valence-electron chi connectivity index (χ2n) is 4.72. The molecule has 3 N–H and O–H groups in total. The van der Waals surface area contributed by atoms with Crippen LogP contribution in [-0.2, 0) is 6.42 Å². The van der Waals surface area contributed by atoms with Crippen LogP contribution in [0.25, 0.3) is 0 Å². The molecule has 0 aromatic heterocycles. The van der Waals surface area contributed by atoms with Gasteiger partial charge in [0.25, 0.3) is 0 Å². The van der Waals surface area contributed by atoms with E-state index in [2.05, 4.69) is 22.8 Å². The van der Waals surface area contributed by atoms with Gasteiger partial charge in [-0.25, -0.2) is 4.79 Å². The molecule has 0 fully saturated rings. The number of aliphatic hydroxyl groups excluding tert-OH is 1. The maximum atomic E-state index is 11.5. The average molecular weight is 300 g/mol. The number of rotatable bonds is 7. The largest absolute Gasteiger partial charge is 0.493 e. The molecule has 0 bridgehead atoms. The van der Waals surface area contributed by atoms with Crippen LogP contribution in [0.4, 0.5) is 10.5 Å². The van der Waals surface area contributed by atoms with Crippen molar-refractivity contribution in [2.45, 2.75) is 6.42 Å². The Morgan fingerprint density at radius 2 is 1.91 bits per heavy atom. The van der Waals surface area contributed by atoms with Gasteiger partial charge in [0.1, 0.15) is 5.75 Å². The van der Waals surface area contributed by atoms with Gasteiger partial charge in [-0.15, -0.1) is 0 Å². The first-order valence-electron chi connectivity index (χ1n) is 7.20. The van der Waals surface area contributed by atoms with Crippen LogP contribution < -0.4 is 15.4 Å². The van der Waals surface area contributed by atoms with E-state index in [9.17, 15) is 4.79 Å². The molecule has 0 saturated carbocycles. The number of hydrogen-bond donors (Lipinski definition) is 3. The summed E-state index contributed by atoms with van der Waals surface area (Å²) in [5, 5.41) is 13.9. The van der Waals surface area contributed by atoms with Crippen LogP contribution in [0.2, 0.25) is 0 Å². The highest BCUT2D eigenvalue weighted by Gasteiger charge is 2.02. The predicted octanol–water partition coefficient (Wildman–Crippen LogP) is 2.42. The molecule has 2 amide bonds. The molecule has 116 valence electrons. The van der Waals surface area contributed by atoms with Gasteiger partial charge < -0.3 is 20.5 Å². The summed E-state index contributed by atoms with van der Waals surface area (Å²) >= 11 is 0. The van der Waals surface area contributed by atoms with E-state index >= 15 is 0 Å². The topological polar surface area (TPSA) is 70.6 Å². The molecule has 0 heterocycles. The van der Waals surface area contributed by atoms with Gasteiger partial charge in [-0.3, -0.25) is 0 Å². The van der Waals surface area contributed by atoms with Crippen molar-refractivity contribution in [3.63, 3.8) is 0 Å². The minimum atomic E-state index is -0.351. The van der Waals surface area contributed by atoms with Gasteiger partial charge in [-0.2, -0.15) is 0 Å². The fourth-order valence-electron chi connectivity index (χ4n) is 1.94. The highest BCUT2D eigenvalue weighted by molar-refractivity contribution is 5.89. The molecule has 2 rings (SSSR count). The molecule has 5 nitrogen and oxygen atoms in total. The number of carbonyl (C=O) groups excluding carboxylic acids is 1. The first-order valence-corrected chi connectivity index (χ1v) is 7.20. The molecule has 0 aliphatic rings. The quantitative estimate of drug-likeness (QED) is 0.735. The molecule has 0 unspecified atom stereocenters. The lowest BCUT2D eigenvalue weighted by molar-refractivity contribution is 0.245. The zero-order valence-corrected chi connectivity index (χ0v) is 12.3. The average Bonchev–Trinajstić information content (AvgIpc) is 2.54. The summed E-state index contributed by atoms with van der Waals surface area (Å²) in [4.78, 5) is 11.5. The summed E-state index contributed by atoms with van der Waals surface area (Å²) in [6.45, 7) is 0.708. The molecule has 22 heavy (non-hydrogen) atoms. The Hall–Kier alpha value is -2.53. The second-order valence-corrected chi connectivity index (χ2v) is 4.72. The van der Waals surface area contributed by atoms with Gasteiger partial charge in [-0.05, 0) is 17.7 Å². The summed E-state index contributed by atoms with van der Waals surface area (Å²) in [7, 11) is 0. The molecule has 2 aromatic carbocycles. The minimum absolute atomic E-state index is 0.0872. The standard InChI is InChI=1S/C17H20N2O3/c20-11-10-18-17(21)19-15-7-4-8-16(13-15)22-12-9-14-5-2-1-3-6-14/h1-8,13,20H,9-12H2,(H2,18,19,21). The van der Waals surface area contributed by atoms with Crippen LogP contribution in [0.15, 0.2) is 54.6 Å². The third kappa shape index (κ3) is 5.46. The number of ether oxygens (including phenoxy) is 1. The Bertz CT molecular complexity index is 587. The van der Waals surface area contributed by atoms with Gasteiger partial charge in [-0.1, -0.05) is 36.4 Å². The number of urea groups is 1. The first-order chi connectivity index (χ1) is 10.8. The summed E-state index contributed by atoms with van der Waals surface area (Å²) in [6, 6.07) is 17.0. The third-order valence-electron chi connectivity index (χ3n) is 2.99. The summed E-state index contributed by atoms with van der Waals surface area (Å²) in [5.74, 6) is 0.705. The fraction of sp³-hybridized carbons (Fsp3) is 0.235. The normalized spacial score (nSPS) is 10.0. The molecular weight excluding hydrogens is 280 g/mol. The highest BCUT2D eigenvalue weighted by Crippen LogP contribution is 2.17. The van der Waals surface area contributed by atoms with Crippen molar-refractivity contribution in [1.29, 1.82) is 0 Å². The molecule has 5 heteroatoms. The van der Waals surface area contributed by atoms with Crippen LogP contribution in [0.5, 0.6) is 5.75 Å². The van der Waals surface area contributed by atoms with E-state index in [1.807, 2.05) is 30.3 Å².